The van der Waals surface area contributed by atoms with Gasteiger partial charge in [-0.3, -0.25) is 4.79 Å². The minimum absolute atomic E-state index is 0.0681. The second-order valence-electron chi connectivity index (χ2n) is 7.59. The van der Waals surface area contributed by atoms with Crippen LogP contribution in [0.1, 0.15) is 36.0 Å². The van der Waals surface area contributed by atoms with E-state index < -0.39 is 27.5 Å². The highest BCUT2D eigenvalue weighted by Gasteiger charge is 2.38. The molecule has 0 aromatic heterocycles. The Morgan fingerprint density at radius 3 is 2.57 bits per heavy atom. The van der Waals surface area contributed by atoms with Gasteiger partial charge in [-0.1, -0.05) is 24.4 Å². The first-order chi connectivity index (χ1) is 13.2. The average Bonchev–Trinajstić information content (AvgIpc) is 3.05. The Kier molecular flexibility index (Phi) is 6.48. The number of rotatable bonds is 7. The number of ether oxygens (including phenoxy) is 1. The van der Waals surface area contributed by atoms with Crippen LogP contribution in [0.2, 0.25) is 5.02 Å². The third-order valence-corrected chi connectivity index (χ3v) is 7.05. The smallest absolute Gasteiger partial charge is 0.304 e. The van der Waals surface area contributed by atoms with Crippen molar-refractivity contribution in [2.75, 3.05) is 33.8 Å². The number of likely N-dealkylation sites (N-methyl/N-ethyl adjacent to an activating group) is 1. The molecule has 1 aromatic carbocycles. The number of nitrogens with one attached hydrogen (secondary N) is 1. The number of nitrogens with zero attached hydrogens (tertiary/aromatic N) is 2. The van der Waals surface area contributed by atoms with E-state index in [2.05, 4.69) is 0 Å². The van der Waals surface area contributed by atoms with Crippen LogP contribution in [0, 0.1) is 11.7 Å². The van der Waals surface area contributed by atoms with Crippen LogP contribution in [0.4, 0.5) is 4.39 Å². The highest BCUT2D eigenvalue weighted by molar-refractivity contribution is 7.87. The van der Waals surface area contributed by atoms with Gasteiger partial charge < -0.3 is 9.64 Å². The Morgan fingerprint density at radius 1 is 1.32 bits per heavy atom. The maximum absolute atomic E-state index is 14.4. The molecule has 1 amide bonds. The van der Waals surface area contributed by atoms with Crippen LogP contribution in [-0.2, 0) is 10.2 Å². The summed E-state index contributed by atoms with van der Waals surface area (Å²) < 4.78 is 47.6. The van der Waals surface area contributed by atoms with Crippen molar-refractivity contribution in [1.82, 2.24) is 13.9 Å². The Bertz CT molecular complexity index is 837. The monoisotopic (exact) mass is 433 g/mol. The zero-order valence-corrected chi connectivity index (χ0v) is 17.5. The summed E-state index contributed by atoms with van der Waals surface area (Å²) in [6.45, 7) is 0.987. The topological polar surface area (TPSA) is 79.0 Å². The lowest BCUT2D eigenvalue weighted by Crippen LogP contribution is -2.61. The van der Waals surface area contributed by atoms with E-state index in [9.17, 15) is 17.6 Å². The summed E-state index contributed by atoms with van der Waals surface area (Å²) in [5.41, 5.74) is -0.438. The quantitative estimate of drug-likeness (QED) is 0.713. The van der Waals surface area contributed by atoms with Crippen molar-refractivity contribution < 1.29 is 22.3 Å². The molecule has 1 N–H and O–H groups in total. The molecule has 0 spiro atoms. The zero-order valence-electron chi connectivity index (χ0n) is 16.0. The molecule has 1 heterocycles. The highest BCUT2D eigenvalue weighted by Crippen LogP contribution is 2.31. The maximum Gasteiger partial charge on any atom is 0.304 e. The number of amides is 1. The van der Waals surface area contributed by atoms with Crippen molar-refractivity contribution in [2.24, 2.45) is 5.92 Å². The minimum atomic E-state index is -4.03. The van der Waals surface area contributed by atoms with E-state index in [1.54, 1.807) is 0 Å². The van der Waals surface area contributed by atoms with Crippen LogP contribution >= 0.6 is 11.6 Å². The molecule has 0 radical (unpaired) electrons. The summed E-state index contributed by atoms with van der Waals surface area (Å²) in [7, 11) is -0.336. The molecule has 3 rings (SSSR count). The number of carbonyl (C=O) groups excluding carboxylic acids is 1. The summed E-state index contributed by atoms with van der Waals surface area (Å²) in [5, 5.41) is 0.0681. The second-order valence-corrected chi connectivity index (χ2v) is 9.67. The normalized spacial score (nSPS) is 19.0. The summed E-state index contributed by atoms with van der Waals surface area (Å²) >= 11 is 6.12. The second kappa shape index (κ2) is 8.52. The lowest BCUT2D eigenvalue weighted by molar-refractivity contribution is 0.0964. The van der Waals surface area contributed by atoms with E-state index in [1.165, 1.54) is 0 Å². The van der Waals surface area contributed by atoms with E-state index in [0.717, 1.165) is 42.1 Å². The van der Waals surface area contributed by atoms with E-state index in [1.807, 2.05) is 23.7 Å². The van der Waals surface area contributed by atoms with Gasteiger partial charge in [-0.25, -0.2) is 9.11 Å². The molecular weight excluding hydrogens is 409 g/mol. The largest absolute Gasteiger partial charge is 0.492 e. The number of halogens is 2. The van der Waals surface area contributed by atoms with Crippen LogP contribution in [0.5, 0.6) is 5.75 Å². The SMILES string of the molecule is CN(C)C1CN(S(=O)(=O)NC(=O)c2cc(Cl)c(OCC3CCCC3)cc2F)C1. The summed E-state index contributed by atoms with van der Waals surface area (Å²) in [4.78, 5) is 14.2. The molecule has 0 bridgehead atoms. The molecule has 28 heavy (non-hydrogen) atoms. The third kappa shape index (κ3) is 4.76. The van der Waals surface area contributed by atoms with Gasteiger partial charge in [0.2, 0.25) is 0 Å². The molecular formula is C18H25ClFN3O4S. The molecule has 7 nitrogen and oxygen atoms in total. The Labute approximate surface area is 170 Å². The predicted octanol–water partition coefficient (Wildman–Crippen LogP) is 2.27. The molecule has 10 heteroatoms. The van der Waals surface area contributed by atoms with E-state index >= 15 is 0 Å². The molecule has 1 saturated carbocycles. The fourth-order valence-electron chi connectivity index (χ4n) is 3.37. The van der Waals surface area contributed by atoms with Crippen LogP contribution in [0.3, 0.4) is 0 Å². The van der Waals surface area contributed by atoms with Crippen molar-refractivity contribution in [3.8, 4) is 5.75 Å². The minimum Gasteiger partial charge on any atom is -0.492 e. The highest BCUT2D eigenvalue weighted by atomic mass is 35.5. The van der Waals surface area contributed by atoms with Gasteiger partial charge >= 0.3 is 10.2 Å². The molecule has 0 unspecified atom stereocenters. The van der Waals surface area contributed by atoms with Gasteiger partial charge in [-0.05, 0) is 38.9 Å². The fourth-order valence-corrected chi connectivity index (χ4v) is 4.80. The number of hydrogen-bond donors (Lipinski definition) is 1. The van der Waals surface area contributed by atoms with Gasteiger partial charge in [0, 0.05) is 25.2 Å². The molecule has 1 aliphatic heterocycles. The summed E-state index contributed by atoms with van der Waals surface area (Å²) in [5.74, 6) is -1.36. The first kappa shape index (κ1) is 21.3. The van der Waals surface area contributed by atoms with Gasteiger partial charge in [-0.15, -0.1) is 0 Å². The van der Waals surface area contributed by atoms with Gasteiger partial charge in [0.15, 0.2) is 0 Å². The molecule has 2 aliphatic rings. The van der Waals surface area contributed by atoms with Crippen molar-refractivity contribution in [3.63, 3.8) is 0 Å². The number of carbonyl (C=O) groups is 1. The summed E-state index contributed by atoms with van der Waals surface area (Å²) in [6, 6.07) is 2.23. The standard InChI is InChI=1S/C18H25ClFN3O4S/c1-22(2)13-9-23(10-13)28(25,26)21-18(24)14-7-15(19)17(8-16(14)20)27-11-12-5-3-4-6-12/h7-8,12-13H,3-6,9-11H2,1-2H3,(H,21,24). The predicted molar refractivity (Wildman–Crippen MR) is 104 cm³/mol. The molecule has 1 saturated heterocycles. The first-order valence-electron chi connectivity index (χ1n) is 9.28. The lowest BCUT2D eigenvalue weighted by atomic mass is 10.1. The average molecular weight is 434 g/mol. The van der Waals surface area contributed by atoms with Gasteiger partial charge in [-0.2, -0.15) is 12.7 Å². The maximum atomic E-state index is 14.4. The molecule has 1 aromatic rings. The molecule has 0 atom stereocenters. The van der Waals surface area contributed by atoms with E-state index in [4.69, 9.17) is 16.3 Å². The van der Waals surface area contributed by atoms with Crippen LogP contribution < -0.4 is 9.46 Å². The van der Waals surface area contributed by atoms with E-state index in [-0.39, 0.29) is 29.9 Å². The van der Waals surface area contributed by atoms with Gasteiger partial charge in [0.05, 0.1) is 17.2 Å². The lowest BCUT2D eigenvalue weighted by Gasteiger charge is -2.41. The summed E-state index contributed by atoms with van der Waals surface area (Å²) in [6.07, 6.45) is 4.47. The Hall–Kier alpha value is -1.42. The number of hydrogen-bond acceptors (Lipinski definition) is 5. The van der Waals surface area contributed by atoms with Crippen molar-refractivity contribution in [1.29, 1.82) is 0 Å². The molecule has 1 aliphatic carbocycles. The Morgan fingerprint density at radius 2 is 1.96 bits per heavy atom. The van der Waals surface area contributed by atoms with Crippen LogP contribution in [-0.4, -0.2) is 63.4 Å². The van der Waals surface area contributed by atoms with Crippen molar-refractivity contribution >= 4 is 27.7 Å². The zero-order chi connectivity index (χ0) is 20.5. The fraction of sp³-hybridized carbons (Fsp3) is 0.611. The Balaban J connectivity index is 1.64. The van der Waals surface area contributed by atoms with Gasteiger partial charge in [0.25, 0.3) is 5.91 Å². The van der Waals surface area contributed by atoms with Crippen LogP contribution in [0.15, 0.2) is 12.1 Å². The van der Waals surface area contributed by atoms with E-state index in [0.29, 0.717) is 12.5 Å². The van der Waals surface area contributed by atoms with Gasteiger partial charge in [0.1, 0.15) is 11.6 Å². The van der Waals surface area contributed by atoms with Crippen molar-refractivity contribution in [3.05, 3.63) is 28.5 Å². The molecule has 156 valence electrons. The number of benzene rings is 1. The third-order valence-electron chi connectivity index (χ3n) is 5.34. The first-order valence-corrected chi connectivity index (χ1v) is 11.1. The molecule has 2 fully saturated rings. The van der Waals surface area contributed by atoms with Crippen molar-refractivity contribution in [2.45, 2.75) is 31.7 Å². The van der Waals surface area contributed by atoms with Crippen LogP contribution in [0.25, 0.3) is 0 Å².